The third kappa shape index (κ3) is 5.22. The highest BCUT2D eigenvalue weighted by Crippen LogP contribution is 2.17. The highest BCUT2D eigenvalue weighted by atomic mass is 16.4. The molecule has 2 atom stereocenters. The predicted molar refractivity (Wildman–Crippen MR) is 56.2 cm³/mol. The van der Waals surface area contributed by atoms with Gasteiger partial charge in [-0.15, -0.1) is 0 Å². The summed E-state index contributed by atoms with van der Waals surface area (Å²) in [5, 5.41) is 18.6. The Hall–Kier alpha value is -0.570. The van der Waals surface area contributed by atoms with Gasteiger partial charge >= 0.3 is 5.97 Å². The van der Waals surface area contributed by atoms with Crippen LogP contribution in [0.3, 0.4) is 0 Å². The number of aliphatic hydroxyl groups excluding tert-OH is 1. The van der Waals surface area contributed by atoms with Crippen molar-refractivity contribution in [1.82, 2.24) is 0 Å². The fourth-order valence-corrected chi connectivity index (χ4v) is 1.52. The summed E-state index contributed by atoms with van der Waals surface area (Å²) in [6.07, 6.45) is 4.28. The topological polar surface area (TPSA) is 57.5 Å². The summed E-state index contributed by atoms with van der Waals surface area (Å²) in [6.45, 7) is 4.06. The van der Waals surface area contributed by atoms with E-state index in [2.05, 4.69) is 0 Å². The molecule has 3 nitrogen and oxygen atoms in total. The number of unbranched alkanes of at least 4 members (excludes halogenated alkanes) is 2. The van der Waals surface area contributed by atoms with Crippen LogP contribution in [-0.4, -0.2) is 22.3 Å². The van der Waals surface area contributed by atoms with Crippen LogP contribution in [0.1, 0.15) is 52.4 Å². The summed E-state index contributed by atoms with van der Waals surface area (Å²) in [7, 11) is 0. The Labute approximate surface area is 86.1 Å². The summed E-state index contributed by atoms with van der Waals surface area (Å²) in [4.78, 5) is 10.8. The Morgan fingerprint density at radius 1 is 1.14 bits per heavy atom. The molecule has 0 saturated carbocycles. The van der Waals surface area contributed by atoms with E-state index >= 15 is 0 Å². The average Bonchev–Trinajstić information content (AvgIpc) is 2.14. The molecule has 0 spiro atoms. The standard InChI is InChI=1S/C11H22O3/c1-3-5-7-9(11(13)14)10(12)8-6-4-2/h9-10,12H,3-8H2,1-2H3,(H,13,14). The summed E-state index contributed by atoms with van der Waals surface area (Å²) in [5.41, 5.74) is 0. The van der Waals surface area contributed by atoms with Crippen molar-refractivity contribution in [2.45, 2.75) is 58.5 Å². The van der Waals surface area contributed by atoms with Crippen molar-refractivity contribution in [2.75, 3.05) is 0 Å². The van der Waals surface area contributed by atoms with Crippen LogP contribution in [0.5, 0.6) is 0 Å². The fourth-order valence-electron chi connectivity index (χ4n) is 1.52. The van der Waals surface area contributed by atoms with Gasteiger partial charge in [-0.2, -0.15) is 0 Å². The van der Waals surface area contributed by atoms with E-state index in [0.29, 0.717) is 12.8 Å². The number of aliphatic carboxylic acids is 1. The van der Waals surface area contributed by atoms with E-state index in [1.54, 1.807) is 0 Å². The normalized spacial score (nSPS) is 15.1. The van der Waals surface area contributed by atoms with E-state index in [1.165, 1.54) is 0 Å². The molecule has 0 aliphatic heterocycles. The molecule has 0 amide bonds. The lowest BCUT2D eigenvalue weighted by Gasteiger charge is -2.18. The molecule has 0 fully saturated rings. The van der Waals surface area contributed by atoms with E-state index in [-0.39, 0.29) is 0 Å². The van der Waals surface area contributed by atoms with Gasteiger partial charge in [0, 0.05) is 0 Å². The molecule has 0 aliphatic rings. The monoisotopic (exact) mass is 202 g/mol. The summed E-state index contributed by atoms with van der Waals surface area (Å²) in [5.74, 6) is -1.43. The lowest BCUT2D eigenvalue weighted by atomic mass is 9.93. The van der Waals surface area contributed by atoms with Crippen LogP contribution in [0.15, 0.2) is 0 Å². The van der Waals surface area contributed by atoms with Gasteiger partial charge < -0.3 is 10.2 Å². The van der Waals surface area contributed by atoms with Gasteiger partial charge in [0.1, 0.15) is 0 Å². The quantitative estimate of drug-likeness (QED) is 0.635. The molecule has 2 unspecified atom stereocenters. The van der Waals surface area contributed by atoms with Gasteiger partial charge in [-0.05, 0) is 12.8 Å². The Morgan fingerprint density at radius 2 is 1.64 bits per heavy atom. The number of hydrogen-bond acceptors (Lipinski definition) is 2. The lowest BCUT2D eigenvalue weighted by Crippen LogP contribution is -2.28. The third-order valence-electron chi connectivity index (χ3n) is 2.50. The van der Waals surface area contributed by atoms with Gasteiger partial charge in [-0.3, -0.25) is 4.79 Å². The first-order chi connectivity index (χ1) is 6.63. The molecule has 0 rings (SSSR count). The van der Waals surface area contributed by atoms with E-state index in [0.717, 1.165) is 25.7 Å². The zero-order valence-corrected chi connectivity index (χ0v) is 9.20. The molecule has 0 aliphatic carbocycles. The van der Waals surface area contributed by atoms with E-state index in [1.807, 2.05) is 13.8 Å². The lowest BCUT2D eigenvalue weighted by molar-refractivity contribution is -0.146. The van der Waals surface area contributed by atoms with Crippen molar-refractivity contribution >= 4 is 5.97 Å². The molecule has 0 radical (unpaired) electrons. The Morgan fingerprint density at radius 3 is 2.07 bits per heavy atom. The van der Waals surface area contributed by atoms with Crippen molar-refractivity contribution in [3.63, 3.8) is 0 Å². The van der Waals surface area contributed by atoms with Crippen molar-refractivity contribution in [3.8, 4) is 0 Å². The highest BCUT2D eigenvalue weighted by molar-refractivity contribution is 5.70. The Balaban J connectivity index is 3.97. The number of hydrogen-bond donors (Lipinski definition) is 2. The fraction of sp³-hybridized carbons (Fsp3) is 0.909. The number of aliphatic hydroxyl groups is 1. The number of carboxylic acids is 1. The van der Waals surface area contributed by atoms with E-state index in [4.69, 9.17) is 5.11 Å². The second-order valence-electron chi connectivity index (χ2n) is 3.80. The number of carbonyl (C=O) groups is 1. The molecule has 14 heavy (non-hydrogen) atoms. The molecule has 3 heteroatoms. The molecule has 84 valence electrons. The van der Waals surface area contributed by atoms with E-state index < -0.39 is 18.0 Å². The summed E-state index contributed by atoms with van der Waals surface area (Å²) in [6, 6.07) is 0. The van der Waals surface area contributed by atoms with Crippen LogP contribution >= 0.6 is 0 Å². The second-order valence-corrected chi connectivity index (χ2v) is 3.80. The van der Waals surface area contributed by atoms with Crippen LogP contribution in [-0.2, 0) is 4.79 Å². The van der Waals surface area contributed by atoms with Gasteiger partial charge in [0.15, 0.2) is 0 Å². The molecule has 0 aromatic carbocycles. The average molecular weight is 202 g/mol. The summed E-state index contributed by atoms with van der Waals surface area (Å²) >= 11 is 0. The van der Waals surface area contributed by atoms with Gasteiger partial charge in [0.25, 0.3) is 0 Å². The molecule has 0 saturated heterocycles. The molecule has 0 bridgehead atoms. The first-order valence-corrected chi connectivity index (χ1v) is 5.54. The van der Waals surface area contributed by atoms with Crippen molar-refractivity contribution in [1.29, 1.82) is 0 Å². The Kier molecular flexibility index (Phi) is 7.48. The molecule has 2 N–H and O–H groups in total. The van der Waals surface area contributed by atoms with Crippen LogP contribution < -0.4 is 0 Å². The van der Waals surface area contributed by atoms with Gasteiger partial charge in [0.05, 0.1) is 12.0 Å². The van der Waals surface area contributed by atoms with Crippen molar-refractivity contribution in [3.05, 3.63) is 0 Å². The maximum atomic E-state index is 10.8. The largest absolute Gasteiger partial charge is 0.481 e. The minimum Gasteiger partial charge on any atom is -0.481 e. The number of rotatable bonds is 8. The minimum atomic E-state index is -0.859. The maximum absolute atomic E-state index is 10.8. The van der Waals surface area contributed by atoms with Gasteiger partial charge in [-0.1, -0.05) is 39.5 Å². The van der Waals surface area contributed by atoms with Gasteiger partial charge in [-0.25, -0.2) is 0 Å². The first-order valence-electron chi connectivity index (χ1n) is 5.54. The molecule has 0 heterocycles. The maximum Gasteiger partial charge on any atom is 0.309 e. The van der Waals surface area contributed by atoms with Crippen LogP contribution in [0, 0.1) is 5.92 Å². The van der Waals surface area contributed by atoms with Crippen LogP contribution in [0.2, 0.25) is 0 Å². The molecular formula is C11H22O3. The Bertz CT molecular complexity index is 157. The highest BCUT2D eigenvalue weighted by Gasteiger charge is 2.24. The molecule has 0 aromatic heterocycles. The third-order valence-corrected chi connectivity index (χ3v) is 2.50. The summed E-state index contributed by atoms with van der Waals surface area (Å²) < 4.78 is 0. The zero-order valence-electron chi connectivity index (χ0n) is 9.20. The molecular weight excluding hydrogens is 180 g/mol. The van der Waals surface area contributed by atoms with Crippen molar-refractivity contribution in [2.24, 2.45) is 5.92 Å². The second kappa shape index (κ2) is 7.80. The predicted octanol–water partition coefficient (Wildman–Crippen LogP) is 2.43. The SMILES string of the molecule is CCCCC(O)C(CCCC)C(=O)O. The van der Waals surface area contributed by atoms with Gasteiger partial charge in [0.2, 0.25) is 0 Å². The molecule has 0 aromatic rings. The smallest absolute Gasteiger partial charge is 0.309 e. The van der Waals surface area contributed by atoms with Crippen molar-refractivity contribution < 1.29 is 15.0 Å². The number of carboxylic acid groups (broad SMARTS) is 1. The van der Waals surface area contributed by atoms with E-state index in [9.17, 15) is 9.90 Å². The minimum absolute atomic E-state index is 0.568. The zero-order chi connectivity index (χ0) is 11.0. The van der Waals surface area contributed by atoms with Crippen LogP contribution in [0.4, 0.5) is 0 Å². The van der Waals surface area contributed by atoms with Crippen LogP contribution in [0.25, 0.3) is 0 Å². The first kappa shape index (κ1) is 13.4.